The summed E-state index contributed by atoms with van der Waals surface area (Å²) in [5.74, 6) is 4.96. The molecule has 1 fully saturated rings. The number of hydrogen-bond donors (Lipinski definition) is 3. The van der Waals surface area contributed by atoms with Gasteiger partial charge in [0.05, 0.1) is 0 Å². The van der Waals surface area contributed by atoms with E-state index in [2.05, 4.69) is 20.9 Å². The second-order valence-corrected chi connectivity index (χ2v) is 2.16. The van der Waals surface area contributed by atoms with Crippen LogP contribution >= 0.6 is 0 Å². The molecule has 0 unspecified atom stereocenters. The number of hydrazone groups is 1. The van der Waals surface area contributed by atoms with Crippen LogP contribution in [-0.2, 0) is 0 Å². The van der Waals surface area contributed by atoms with E-state index in [0.717, 1.165) is 26.2 Å². The molecule has 58 valence electrons. The molecule has 10 heavy (non-hydrogen) atoms. The van der Waals surface area contributed by atoms with Gasteiger partial charge >= 0.3 is 0 Å². The number of nitrogens with one attached hydrogen (secondary N) is 2. The molecule has 0 saturated carbocycles. The SMILES string of the molecule is NNN=CN1CCNCC1. The van der Waals surface area contributed by atoms with Gasteiger partial charge in [0.15, 0.2) is 0 Å². The highest BCUT2D eigenvalue weighted by Crippen LogP contribution is 1.85. The molecule has 0 bridgehead atoms. The molecular formula is C5H13N5. The number of nitrogens with two attached hydrogens (primary N) is 1. The summed E-state index contributed by atoms with van der Waals surface area (Å²) < 4.78 is 0. The molecule has 1 aliphatic rings. The van der Waals surface area contributed by atoms with Crippen molar-refractivity contribution >= 4 is 6.34 Å². The van der Waals surface area contributed by atoms with Crippen LogP contribution in [0.4, 0.5) is 0 Å². The first-order valence-corrected chi connectivity index (χ1v) is 3.37. The maximum Gasteiger partial charge on any atom is 0.112 e. The Morgan fingerprint density at radius 1 is 1.50 bits per heavy atom. The van der Waals surface area contributed by atoms with E-state index in [1.165, 1.54) is 0 Å². The Balaban J connectivity index is 2.19. The summed E-state index contributed by atoms with van der Waals surface area (Å²) >= 11 is 0. The van der Waals surface area contributed by atoms with E-state index in [0.29, 0.717) is 0 Å². The van der Waals surface area contributed by atoms with Gasteiger partial charge in [0, 0.05) is 26.2 Å². The second-order valence-electron chi connectivity index (χ2n) is 2.16. The molecule has 0 atom stereocenters. The van der Waals surface area contributed by atoms with E-state index in [-0.39, 0.29) is 0 Å². The van der Waals surface area contributed by atoms with E-state index in [1.54, 1.807) is 6.34 Å². The lowest BCUT2D eigenvalue weighted by molar-refractivity contribution is 0.364. The minimum atomic E-state index is 1.01. The lowest BCUT2D eigenvalue weighted by atomic mass is 10.4. The van der Waals surface area contributed by atoms with Crippen LogP contribution in [0.3, 0.4) is 0 Å². The van der Waals surface area contributed by atoms with Crippen LogP contribution in [0.15, 0.2) is 5.10 Å². The summed E-state index contributed by atoms with van der Waals surface area (Å²) in [7, 11) is 0. The topological polar surface area (TPSA) is 65.7 Å². The summed E-state index contributed by atoms with van der Waals surface area (Å²) in [6.07, 6.45) is 1.72. The number of rotatable bonds is 2. The van der Waals surface area contributed by atoms with Gasteiger partial charge in [0.2, 0.25) is 0 Å². The van der Waals surface area contributed by atoms with E-state index >= 15 is 0 Å². The average Bonchev–Trinajstić information content (AvgIpc) is 2.03. The molecule has 0 aromatic carbocycles. The van der Waals surface area contributed by atoms with Gasteiger partial charge in [0.1, 0.15) is 6.34 Å². The van der Waals surface area contributed by atoms with Crippen LogP contribution in [0.25, 0.3) is 0 Å². The van der Waals surface area contributed by atoms with Crippen LogP contribution in [0.5, 0.6) is 0 Å². The molecule has 0 aromatic rings. The van der Waals surface area contributed by atoms with Gasteiger partial charge in [-0.2, -0.15) is 5.10 Å². The Morgan fingerprint density at radius 3 is 2.80 bits per heavy atom. The molecule has 1 rings (SSSR count). The molecule has 0 radical (unpaired) electrons. The first kappa shape index (κ1) is 7.30. The standard InChI is InChI=1S/C5H13N5/c6-9-8-5-10-3-1-7-2-4-10/h5,7,9H,1-4,6H2. The Labute approximate surface area is 60.2 Å². The summed E-state index contributed by atoms with van der Waals surface area (Å²) in [4.78, 5) is 2.11. The van der Waals surface area contributed by atoms with Gasteiger partial charge < -0.3 is 10.2 Å². The Morgan fingerprint density at radius 2 is 2.20 bits per heavy atom. The lowest BCUT2D eigenvalue weighted by Gasteiger charge is -2.24. The molecule has 0 amide bonds. The molecule has 4 N–H and O–H groups in total. The van der Waals surface area contributed by atoms with Crippen LogP contribution in [-0.4, -0.2) is 37.4 Å². The predicted octanol–water partition coefficient (Wildman–Crippen LogP) is -1.70. The molecule has 0 aliphatic carbocycles. The minimum Gasteiger partial charge on any atom is -0.359 e. The van der Waals surface area contributed by atoms with Crippen molar-refractivity contribution in [3.8, 4) is 0 Å². The molecule has 1 aliphatic heterocycles. The van der Waals surface area contributed by atoms with Crippen molar-refractivity contribution in [2.45, 2.75) is 0 Å². The molecule has 0 spiro atoms. The van der Waals surface area contributed by atoms with Crippen molar-refractivity contribution in [1.82, 2.24) is 15.8 Å². The lowest BCUT2D eigenvalue weighted by Crippen LogP contribution is -2.43. The summed E-state index contributed by atoms with van der Waals surface area (Å²) in [6, 6.07) is 0. The zero-order valence-corrected chi connectivity index (χ0v) is 5.88. The molecule has 1 heterocycles. The second kappa shape index (κ2) is 4.08. The van der Waals surface area contributed by atoms with Gasteiger partial charge in [-0.25, -0.2) is 11.4 Å². The highest BCUT2D eigenvalue weighted by molar-refractivity contribution is 5.54. The third kappa shape index (κ3) is 2.20. The van der Waals surface area contributed by atoms with Crippen molar-refractivity contribution in [3.05, 3.63) is 0 Å². The number of hydrogen-bond acceptors (Lipinski definition) is 4. The van der Waals surface area contributed by atoms with Gasteiger partial charge in [-0.1, -0.05) is 0 Å². The quantitative estimate of drug-likeness (QED) is 0.186. The van der Waals surface area contributed by atoms with Crippen molar-refractivity contribution in [3.63, 3.8) is 0 Å². The number of nitrogens with zero attached hydrogens (tertiary/aromatic N) is 2. The molecule has 5 nitrogen and oxygen atoms in total. The normalized spacial score (nSPS) is 19.9. The summed E-state index contributed by atoms with van der Waals surface area (Å²) in [5, 5.41) is 6.93. The molecule has 0 aromatic heterocycles. The number of hydrazine groups is 1. The van der Waals surface area contributed by atoms with Crippen molar-refractivity contribution < 1.29 is 0 Å². The summed E-state index contributed by atoms with van der Waals surface area (Å²) in [5.41, 5.74) is 2.22. The zero-order valence-electron chi connectivity index (χ0n) is 5.88. The third-order valence-electron chi connectivity index (χ3n) is 1.45. The Hall–Kier alpha value is -0.810. The van der Waals surface area contributed by atoms with E-state index < -0.39 is 0 Å². The van der Waals surface area contributed by atoms with Crippen LogP contribution < -0.4 is 16.7 Å². The summed E-state index contributed by atoms with van der Waals surface area (Å²) in [6.45, 7) is 4.06. The smallest absolute Gasteiger partial charge is 0.112 e. The Kier molecular flexibility index (Phi) is 2.98. The predicted molar refractivity (Wildman–Crippen MR) is 40.3 cm³/mol. The van der Waals surface area contributed by atoms with E-state index in [9.17, 15) is 0 Å². The average molecular weight is 143 g/mol. The van der Waals surface area contributed by atoms with Crippen molar-refractivity contribution in [2.24, 2.45) is 10.9 Å². The molecular weight excluding hydrogens is 130 g/mol. The molecule has 1 saturated heterocycles. The highest BCUT2D eigenvalue weighted by atomic mass is 15.5. The largest absolute Gasteiger partial charge is 0.359 e. The van der Waals surface area contributed by atoms with Crippen LogP contribution in [0, 0.1) is 0 Å². The highest BCUT2D eigenvalue weighted by Gasteiger charge is 2.03. The van der Waals surface area contributed by atoms with E-state index in [4.69, 9.17) is 5.84 Å². The Bertz CT molecular complexity index is 107. The number of piperazine rings is 1. The van der Waals surface area contributed by atoms with Crippen molar-refractivity contribution in [1.29, 1.82) is 0 Å². The van der Waals surface area contributed by atoms with Gasteiger partial charge in [-0.15, -0.1) is 0 Å². The maximum atomic E-state index is 4.96. The van der Waals surface area contributed by atoms with Gasteiger partial charge in [0.25, 0.3) is 0 Å². The first-order valence-electron chi connectivity index (χ1n) is 3.37. The monoisotopic (exact) mass is 143 g/mol. The van der Waals surface area contributed by atoms with Crippen LogP contribution in [0.2, 0.25) is 0 Å². The fourth-order valence-corrected chi connectivity index (χ4v) is 0.913. The van der Waals surface area contributed by atoms with E-state index in [1.807, 2.05) is 0 Å². The van der Waals surface area contributed by atoms with Gasteiger partial charge in [-0.05, 0) is 0 Å². The first-order chi connectivity index (χ1) is 4.93. The van der Waals surface area contributed by atoms with Crippen molar-refractivity contribution in [2.75, 3.05) is 26.2 Å². The fourth-order valence-electron chi connectivity index (χ4n) is 0.913. The third-order valence-corrected chi connectivity index (χ3v) is 1.45. The molecule has 5 heteroatoms. The maximum absolute atomic E-state index is 4.96. The van der Waals surface area contributed by atoms with Crippen LogP contribution in [0.1, 0.15) is 0 Å². The minimum absolute atomic E-state index is 1.01. The van der Waals surface area contributed by atoms with Gasteiger partial charge in [-0.3, -0.25) is 0 Å². The zero-order chi connectivity index (χ0) is 7.23. The fraction of sp³-hybridized carbons (Fsp3) is 0.800.